The van der Waals surface area contributed by atoms with E-state index in [2.05, 4.69) is 10.6 Å². The molecule has 0 bridgehead atoms. The highest BCUT2D eigenvalue weighted by atomic mass is 16.5. The molecule has 4 N–H and O–H groups in total. The van der Waals surface area contributed by atoms with Crippen molar-refractivity contribution in [3.05, 3.63) is 95.6 Å². The molecule has 1 saturated heterocycles. The number of amides is 2. The Kier molecular flexibility index (Phi) is 7.63. The third-order valence-corrected chi connectivity index (χ3v) is 7.50. The van der Waals surface area contributed by atoms with Crippen LogP contribution in [0.25, 0.3) is 11.1 Å². The second-order valence-electron chi connectivity index (χ2n) is 10.0. The van der Waals surface area contributed by atoms with Gasteiger partial charge in [-0.2, -0.15) is 0 Å². The van der Waals surface area contributed by atoms with Crippen LogP contribution in [0.2, 0.25) is 0 Å². The lowest BCUT2D eigenvalue weighted by atomic mass is 9.96. The molecule has 3 aromatic carbocycles. The van der Waals surface area contributed by atoms with E-state index in [1.807, 2.05) is 83.8 Å². The van der Waals surface area contributed by atoms with Crippen LogP contribution in [-0.2, 0) is 20.9 Å². The van der Waals surface area contributed by atoms with E-state index in [0.717, 1.165) is 27.8 Å². The van der Waals surface area contributed by atoms with E-state index in [4.69, 9.17) is 4.74 Å². The summed E-state index contributed by atoms with van der Waals surface area (Å²) in [5, 5.41) is 23.9. The monoisotopic (exact) mass is 529 g/mol. The van der Waals surface area contributed by atoms with Crippen LogP contribution in [0.1, 0.15) is 29.0 Å². The molecular formula is C30H31N3O6. The number of carboxylic acid groups (broad SMARTS) is 1. The van der Waals surface area contributed by atoms with E-state index >= 15 is 0 Å². The summed E-state index contributed by atoms with van der Waals surface area (Å²) in [6.45, 7) is 0.540. The lowest BCUT2D eigenvalue weighted by Crippen LogP contribution is -2.63. The molecule has 9 heteroatoms. The van der Waals surface area contributed by atoms with Crippen LogP contribution in [0.15, 0.2) is 78.9 Å². The highest BCUT2D eigenvalue weighted by Gasteiger charge is 2.47. The summed E-state index contributed by atoms with van der Waals surface area (Å²) in [6, 6.07) is 24.3. The van der Waals surface area contributed by atoms with Crippen molar-refractivity contribution in [2.24, 2.45) is 0 Å². The Morgan fingerprint density at radius 2 is 1.56 bits per heavy atom. The largest absolute Gasteiger partial charge is 0.480 e. The summed E-state index contributed by atoms with van der Waals surface area (Å²) in [5.74, 6) is -2.17. The Bertz CT molecular complexity index is 1320. The van der Waals surface area contributed by atoms with E-state index in [1.54, 1.807) is 0 Å². The molecule has 3 aromatic rings. The van der Waals surface area contributed by atoms with Gasteiger partial charge >= 0.3 is 12.1 Å². The first-order valence-corrected chi connectivity index (χ1v) is 12.9. The summed E-state index contributed by atoms with van der Waals surface area (Å²) in [7, 11) is 0. The van der Waals surface area contributed by atoms with E-state index in [9.17, 15) is 24.6 Å². The van der Waals surface area contributed by atoms with Crippen LogP contribution < -0.4 is 10.6 Å². The van der Waals surface area contributed by atoms with Crippen molar-refractivity contribution in [1.82, 2.24) is 15.5 Å². The van der Waals surface area contributed by atoms with Crippen LogP contribution >= 0.6 is 0 Å². The zero-order chi connectivity index (χ0) is 27.4. The third kappa shape index (κ3) is 5.50. The van der Waals surface area contributed by atoms with Gasteiger partial charge in [-0.3, -0.25) is 9.69 Å². The fourth-order valence-corrected chi connectivity index (χ4v) is 5.52. The average molecular weight is 530 g/mol. The third-order valence-electron chi connectivity index (χ3n) is 7.50. The second kappa shape index (κ2) is 11.3. The number of carbonyl (C=O) groups is 3. The Morgan fingerprint density at radius 1 is 0.949 bits per heavy atom. The van der Waals surface area contributed by atoms with Gasteiger partial charge in [-0.15, -0.1) is 0 Å². The maximum Gasteiger partial charge on any atom is 0.408 e. The van der Waals surface area contributed by atoms with Crippen LogP contribution in [0.5, 0.6) is 0 Å². The standard InChI is InChI=1S/C30H31N3O6/c34-17-26(27(35)36)31-28(37)30(14-15-33(19-30)16-20-8-2-1-3-9-20)32-29(38)39-18-25-23-12-6-4-10-21(23)22-11-5-7-13-24(22)25/h1-13,25-26,34H,14-19H2,(H,31,37)(H,32,38)(H,35,36). The summed E-state index contributed by atoms with van der Waals surface area (Å²) in [4.78, 5) is 40.0. The van der Waals surface area contributed by atoms with E-state index in [-0.39, 0.29) is 25.5 Å². The van der Waals surface area contributed by atoms with Crippen LogP contribution in [0, 0.1) is 0 Å². The lowest BCUT2D eigenvalue weighted by Gasteiger charge is -2.30. The zero-order valence-corrected chi connectivity index (χ0v) is 21.4. The van der Waals surface area contributed by atoms with Gasteiger partial charge in [0.1, 0.15) is 18.2 Å². The van der Waals surface area contributed by atoms with Crippen molar-refractivity contribution in [3.8, 4) is 11.1 Å². The SMILES string of the molecule is O=C(NC1(C(=O)NC(CO)C(=O)O)CCN(Cc2ccccc2)C1)OCC1c2ccccc2-c2ccccc21. The number of ether oxygens (including phenoxy) is 1. The van der Waals surface area contributed by atoms with Crippen molar-refractivity contribution < 1.29 is 29.3 Å². The fraction of sp³-hybridized carbons (Fsp3) is 0.300. The Balaban J connectivity index is 1.31. The summed E-state index contributed by atoms with van der Waals surface area (Å²) >= 11 is 0. The molecule has 0 spiro atoms. The second-order valence-corrected chi connectivity index (χ2v) is 10.0. The van der Waals surface area contributed by atoms with E-state index in [1.165, 1.54) is 0 Å². The highest BCUT2D eigenvalue weighted by molar-refractivity contribution is 5.93. The van der Waals surface area contributed by atoms with E-state index in [0.29, 0.717) is 13.1 Å². The van der Waals surface area contributed by atoms with Crippen molar-refractivity contribution in [1.29, 1.82) is 0 Å². The molecule has 2 atom stereocenters. The molecule has 5 rings (SSSR count). The quantitative estimate of drug-likeness (QED) is 0.336. The predicted octanol–water partition coefficient (Wildman–Crippen LogP) is 2.73. The van der Waals surface area contributed by atoms with Gasteiger partial charge in [0.2, 0.25) is 5.91 Å². The van der Waals surface area contributed by atoms with Crippen LogP contribution in [0.4, 0.5) is 4.79 Å². The summed E-state index contributed by atoms with van der Waals surface area (Å²) in [5.41, 5.74) is 3.99. The number of nitrogens with zero attached hydrogens (tertiary/aromatic N) is 1. The number of carboxylic acids is 1. The number of rotatable bonds is 9. The van der Waals surface area contributed by atoms with Crippen LogP contribution in [0.3, 0.4) is 0 Å². The molecular weight excluding hydrogens is 498 g/mol. The normalized spacial score (nSPS) is 19.1. The smallest absolute Gasteiger partial charge is 0.408 e. The van der Waals surface area contributed by atoms with Crippen LogP contribution in [-0.4, -0.2) is 71.0 Å². The molecule has 2 unspecified atom stereocenters. The maximum absolute atomic E-state index is 13.4. The Labute approximate surface area is 226 Å². The number of fused-ring (bicyclic) bond motifs is 3. The van der Waals surface area contributed by atoms with Crippen molar-refractivity contribution in [2.75, 3.05) is 26.3 Å². The number of nitrogens with one attached hydrogen (secondary N) is 2. The highest BCUT2D eigenvalue weighted by Crippen LogP contribution is 2.44. The number of aliphatic hydroxyl groups is 1. The molecule has 202 valence electrons. The molecule has 2 amide bonds. The van der Waals surface area contributed by atoms with Crippen molar-refractivity contribution >= 4 is 18.0 Å². The minimum Gasteiger partial charge on any atom is -0.480 e. The summed E-state index contributed by atoms with van der Waals surface area (Å²) in [6.07, 6.45) is -0.502. The molecule has 0 radical (unpaired) electrons. The van der Waals surface area contributed by atoms with Gasteiger partial charge < -0.3 is 25.6 Å². The van der Waals surface area contributed by atoms with Crippen molar-refractivity contribution in [3.63, 3.8) is 0 Å². The molecule has 1 aliphatic carbocycles. The number of aliphatic hydroxyl groups excluding tert-OH is 1. The number of aliphatic carboxylic acids is 1. The molecule has 1 heterocycles. The van der Waals surface area contributed by atoms with Gasteiger partial charge in [0.15, 0.2) is 0 Å². The molecule has 1 fully saturated rings. The first kappa shape index (κ1) is 26.4. The lowest BCUT2D eigenvalue weighted by molar-refractivity contribution is -0.144. The van der Waals surface area contributed by atoms with Gasteiger partial charge in [0.05, 0.1) is 6.61 Å². The van der Waals surface area contributed by atoms with Crippen molar-refractivity contribution in [2.45, 2.75) is 30.5 Å². The Hall–Kier alpha value is -4.21. The van der Waals surface area contributed by atoms with Gasteiger partial charge in [-0.25, -0.2) is 9.59 Å². The molecule has 2 aliphatic rings. The minimum atomic E-state index is -1.48. The number of benzene rings is 3. The first-order valence-electron chi connectivity index (χ1n) is 12.9. The zero-order valence-electron chi connectivity index (χ0n) is 21.4. The molecule has 1 aliphatic heterocycles. The predicted molar refractivity (Wildman–Crippen MR) is 144 cm³/mol. The van der Waals surface area contributed by atoms with Gasteiger partial charge in [-0.05, 0) is 34.2 Å². The molecule has 39 heavy (non-hydrogen) atoms. The Morgan fingerprint density at radius 3 is 2.18 bits per heavy atom. The van der Waals surface area contributed by atoms with Gasteiger partial charge in [0.25, 0.3) is 0 Å². The van der Waals surface area contributed by atoms with Gasteiger partial charge in [0, 0.05) is 25.6 Å². The van der Waals surface area contributed by atoms with Gasteiger partial charge in [-0.1, -0.05) is 78.9 Å². The maximum atomic E-state index is 13.4. The first-order chi connectivity index (χ1) is 18.9. The number of hydrogen-bond acceptors (Lipinski definition) is 6. The molecule has 0 aromatic heterocycles. The number of likely N-dealkylation sites (tertiary alicyclic amines) is 1. The number of carbonyl (C=O) groups excluding carboxylic acids is 2. The molecule has 9 nitrogen and oxygen atoms in total. The minimum absolute atomic E-state index is 0.0830. The summed E-state index contributed by atoms with van der Waals surface area (Å²) < 4.78 is 5.69. The fourth-order valence-electron chi connectivity index (χ4n) is 5.52. The topological polar surface area (TPSA) is 128 Å². The number of hydrogen-bond donors (Lipinski definition) is 4. The molecule has 0 saturated carbocycles. The van der Waals surface area contributed by atoms with E-state index < -0.39 is 36.2 Å². The average Bonchev–Trinajstić information content (AvgIpc) is 3.50. The number of alkyl carbamates (subject to hydrolysis) is 1.